The van der Waals surface area contributed by atoms with Crippen LogP contribution in [-0.2, 0) is 5.41 Å². The molecule has 0 spiro atoms. The summed E-state index contributed by atoms with van der Waals surface area (Å²) in [4.78, 5) is 7.64. The lowest BCUT2D eigenvalue weighted by Crippen LogP contribution is -2.61. The molecule has 0 atom stereocenters. The van der Waals surface area contributed by atoms with E-state index in [1.165, 1.54) is 71.3 Å². The Hall–Kier alpha value is -5.91. The smallest absolute Gasteiger partial charge is 0.252 e. The Morgan fingerprint density at radius 3 is 2.08 bits per heavy atom. The van der Waals surface area contributed by atoms with Crippen molar-refractivity contribution in [3.8, 4) is 22.5 Å². The molecule has 0 aliphatic carbocycles. The van der Waals surface area contributed by atoms with Crippen LogP contribution in [0.4, 0.5) is 34.1 Å². The molecule has 252 valence electrons. The summed E-state index contributed by atoms with van der Waals surface area (Å²) in [5, 5.41) is 1.11. The standard InChI is InChI=1S/C48H35BN2OS/c1-48(2,3)34-22-25-38-37(29-34)49-36-15-11-19-45-47(36)51(39-16-8-10-18-44(39)53-45)41-27-33(30-12-5-4-6-13-30)26-40(46(41)49)50(38)35-23-20-31(21-24-35)43-28-32-14-7-9-17-42(32)52-43/h4-29H,1-3H3. The summed E-state index contributed by atoms with van der Waals surface area (Å²) in [6.07, 6.45) is 0. The molecule has 11 rings (SSSR count). The highest BCUT2D eigenvalue weighted by molar-refractivity contribution is 7.99. The third kappa shape index (κ3) is 4.63. The molecule has 0 amide bonds. The van der Waals surface area contributed by atoms with E-state index in [9.17, 15) is 0 Å². The number of furan rings is 1. The number of benzene rings is 7. The van der Waals surface area contributed by atoms with E-state index in [0.717, 1.165) is 28.0 Å². The first-order chi connectivity index (χ1) is 25.9. The van der Waals surface area contributed by atoms with Gasteiger partial charge >= 0.3 is 0 Å². The van der Waals surface area contributed by atoms with Crippen LogP contribution in [0.15, 0.2) is 172 Å². The van der Waals surface area contributed by atoms with Gasteiger partial charge < -0.3 is 14.2 Å². The van der Waals surface area contributed by atoms with Crippen LogP contribution in [0, 0.1) is 0 Å². The number of para-hydroxylation sites is 3. The van der Waals surface area contributed by atoms with Crippen molar-refractivity contribution in [1.29, 1.82) is 0 Å². The van der Waals surface area contributed by atoms with Gasteiger partial charge in [-0.15, -0.1) is 0 Å². The summed E-state index contributed by atoms with van der Waals surface area (Å²) >= 11 is 1.89. The van der Waals surface area contributed by atoms with Gasteiger partial charge in [0.25, 0.3) is 6.71 Å². The van der Waals surface area contributed by atoms with Crippen molar-refractivity contribution < 1.29 is 4.42 Å². The number of fused-ring (bicyclic) bond motifs is 7. The predicted molar refractivity (Wildman–Crippen MR) is 224 cm³/mol. The van der Waals surface area contributed by atoms with Gasteiger partial charge in [0.05, 0.1) is 11.4 Å². The average molecular weight is 699 g/mol. The van der Waals surface area contributed by atoms with Crippen LogP contribution in [0.2, 0.25) is 0 Å². The van der Waals surface area contributed by atoms with Gasteiger partial charge in [0.2, 0.25) is 0 Å². The lowest BCUT2D eigenvalue weighted by atomic mass is 9.33. The molecular weight excluding hydrogens is 663 g/mol. The van der Waals surface area contributed by atoms with Crippen LogP contribution in [0.1, 0.15) is 26.3 Å². The van der Waals surface area contributed by atoms with Crippen LogP contribution in [0.25, 0.3) is 33.4 Å². The zero-order chi connectivity index (χ0) is 35.4. The summed E-state index contributed by atoms with van der Waals surface area (Å²) in [6.45, 7) is 7.03. The first kappa shape index (κ1) is 30.7. The Balaban J connectivity index is 1.20. The van der Waals surface area contributed by atoms with Crippen LogP contribution in [0.5, 0.6) is 0 Å². The van der Waals surface area contributed by atoms with E-state index in [-0.39, 0.29) is 12.1 Å². The molecule has 0 N–H and O–H groups in total. The lowest BCUT2D eigenvalue weighted by molar-refractivity contribution is 0.591. The maximum atomic E-state index is 6.29. The monoisotopic (exact) mass is 698 g/mol. The second-order valence-corrected chi connectivity index (χ2v) is 16.5. The SMILES string of the molecule is CC(C)(C)c1ccc2c(c1)B1c3cccc4c3N(c3ccccc3S4)c3cc(-c4ccccc4)cc(c31)N2c1ccc(-c2cc3ccccc3o2)cc1. The average Bonchev–Trinajstić information content (AvgIpc) is 3.63. The second-order valence-electron chi connectivity index (χ2n) is 15.4. The molecule has 3 aliphatic heterocycles. The normalized spacial score (nSPS) is 13.8. The Labute approximate surface area is 314 Å². The van der Waals surface area contributed by atoms with Crippen molar-refractivity contribution in [1.82, 2.24) is 0 Å². The van der Waals surface area contributed by atoms with Gasteiger partial charge in [-0.3, -0.25) is 0 Å². The van der Waals surface area contributed by atoms with Crippen LogP contribution < -0.4 is 26.2 Å². The molecule has 8 aromatic rings. The van der Waals surface area contributed by atoms with Gasteiger partial charge in [0, 0.05) is 43.5 Å². The van der Waals surface area contributed by atoms with Crippen molar-refractivity contribution in [3.05, 3.63) is 163 Å². The molecule has 3 aliphatic rings. The van der Waals surface area contributed by atoms with E-state index in [2.05, 4.69) is 176 Å². The number of rotatable bonds is 3. The molecule has 4 heterocycles. The summed E-state index contributed by atoms with van der Waals surface area (Å²) in [5.41, 5.74) is 17.1. The van der Waals surface area contributed by atoms with Crippen molar-refractivity contribution in [2.24, 2.45) is 0 Å². The number of anilines is 6. The van der Waals surface area contributed by atoms with E-state index in [1.807, 2.05) is 23.9 Å². The molecule has 3 nitrogen and oxygen atoms in total. The Bertz CT molecular complexity index is 2730. The summed E-state index contributed by atoms with van der Waals surface area (Å²) in [6, 6.07) is 58.0. The second kappa shape index (κ2) is 11.3. The third-order valence-corrected chi connectivity index (χ3v) is 12.3. The molecule has 5 heteroatoms. The molecule has 0 saturated heterocycles. The highest BCUT2D eigenvalue weighted by atomic mass is 32.2. The van der Waals surface area contributed by atoms with Crippen molar-refractivity contribution in [3.63, 3.8) is 0 Å². The summed E-state index contributed by atoms with van der Waals surface area (Å²) in [5.74, 6) is 0.879. The first-order valence-electron chi connectivity index (χ1n) is 18.4. The quantitative estimate of drug-likeness (QED) is 0.171. The summed E-state index contributed by atoms with van der Waals surface area (Å²) in [7, 11) is 0. The van der Waals surface area contributed by atoms with Crippen LogP contribution in [0.3, 0.4) is 0 Å². The van der Waals surface area contributed by atoms with Crippen LogP contribution >= 0.6 is 11.8 Å². The largest absolute Gasteiger partial charge is 0.456 e. The zero-order valence-electron chi connectivity index (χ0n) is 29.8. The van der Waals surface area contributed by atoms with Gasteiger partial charge in [-0.25, -0.2) is 0 Å². The van der Waals surface area contributed by atoms with E-state index in [0.29, 0.717) is 0 Å². The molecule has 0 radical (unpaired) electrons. The minimum atomic E-state index is -0.0000254. The summed E-state index contributed by atoms with van der Waals surface area (Å²) < 4.78 is 6.29. The number of nitrogens with zero attached hydrogens (tertiary/aromatic N) is 2. The molecule has 0 unspecified atom stereocenters. The predicted octanol–water partition coefficient (Wildman–Crippen LogP) is 11.6. The van der Waals surface area contributed by atoms with Gasteiger partial charge in [-0.05, 0) is 111 Å². The van der Waals surface area contributed by atoms with Gasteiger partial charge in [0.1, 0.15) is 11.3 Å². The Kier molecular flexibility index (Phi) is 6.54. The number of hydrogen-bond donors (Lipinski definition) is 0. The Morgan fingerprint density at radius 2 is 1.26 bits per heavy atom. The van der Waals surface area contributed by atoms with Crippen LogP contribution in [-0.4, -0.2) is 6.71 Å². The molecule has 0 fully saturated rings. The minimum absolute atomic E-state index is 0.0000254. The van der Waals surface area contributed by atoms with Crippen molar-refractivity contribution in [2.75, 3.05) is 9.80 Å². The fourth-order valence-corrected chi connectivity index (χ4v) is 9.74. The molecule has 7 aromatic carbocycles. The van der Waals surface area contributed by atoms with Gasteiger partial charge in [-0.1, -0.05) is 117 Å². The zero-order valence-corrected chi connectivity index (χ0v) is 30.6. The molecule has 0 saturated carbocycles. The highest BCUT2D eigenvalue weighted by Gasteiger charge is 2.46. The maximum Gasteiger partial charge on any atom is 0.252 e. The van der Waals surface area contributed by atoms with Crippen molar-refractivity contribution in [2.45, 2.75) is 36.0 Å². The van der Waals surface area contributed by atoms with E-state index >= 15 is 0 Å². The molecular formula is C48H35BN2OS. The third-order valence-electron chi connectivity index (χ3n) is 11.2. The van der Waals surface area contributed by atoms with E-state index < -0.39 is 0 Å². The van der Waals surface area contributed by atoms with Crippen molar-refractivity contribution >= 4 is 80.0 Å². The molecule has 0 bridgehead atoms. The van der Waals surface area contributed by atoms with E-state index in [1.54, 1.807) is 0 Å². The Morgan fingerprint density at radius 1 is 0.528 bits per heavy atom. The molecule has 53 heavy (non-hydrogen) atoms. The fraction of sp³-hybridized carbons (Fsp3) is 0.0833. The highest BCUT2D eigenvalue weighted by Crippen LogP contribution is 2.54. The van der Waals surface area contributed by atoms with E-state index in [4.69, 9.17) is 4.42 Å². The maximum absolute atomic E-state index is 6.29. The molecule has 1 aromatic heterocycles. The fourth-order valence-electron chi connectivity index (χ4n) is 8.64. The topological polar surface area (TPSA) is 19.6 Å². The van der Waals surface area contributed by atoms with Gasteiger partial charge in [-0.2, -0.15) is 0 Å². The van der Waals surface area contributed by atoms with Gasteiger partial charge in [0.15, 0.2) is 0 Å². The number of hydrogen-bond acceptors (Lipinski definition) is 4. The minimum Gasteiger partial charge on any atom is -0.456 e. The lowest BCUT2D eigenvalue weighted by Gasteiger charge is -2.46. The first-order valence-corrected chi connectivity index (χ1v) is 19.2.